The zero-order valence-electron chi connectivity index (χ0n) is 11.5. The fourth-order valence-corrected chi connectivity index (χ4v) is 2.59. The van der Waals surface area contributed by atoms with Gasteiger partial charge in [-0.15, -0.1) is 0 Å². The van der Waals surface area contributed by atoms with Crippen LogP contribution in [0.25, 0.3) is 22.4 Å². The molecule has 6 nitrogen and oxygen atoms in total. The van der Waals surface area contributed by atoms with Crippen LogP contribution < -0.4 is 10.5 Å². The second kappa shape index (κ2) is 5.90. The van der Waals surface area contributed by atoms with Gasteiger partial charge in [0.2, 0.25) is 11.8 Å². The SMILES string of the molecule is CCOc1nc(N)nc2ncc(-c3c(Cl)cccc3Cl)nc12. The maximum absolute atomic E-state index is 6.21. The third-order valence-electron chi connectivity index (χ3n) is 2.89. The molecule has 2 heterocycles. The van der Waals surface area contributed by atoms with Crippen LogP contribution in [-0.2, 0) is 0 Å². The molecule has 0 aliphatic heterocycles. The Balaban J connectivity index is 2.25. The standard InChI is InChI=1S/C14H11Cl2N5O/c1-2-22-13-11-12(20-14(17)21-13)18-6-9(19-11)10-7(15)4-3-5-8(10)16/h3-6H,2H2,1H3,(H2,17,18,20,21). The molecule has 112 valence electrons. The lowest BCUT2D eigenvalue weighted by Crippen LogP contribution is -2.04. The molecule has 0 saturated carbocycles. The number of nitrogen functional groups attached to an aromatic ring is 1. The number of hydrogen-bond acceptors (Lipinski definition) is 6. The number of halogens is 2. The fraction of sp³-hybridized carbons (Fsp3) is 0.143. The Morgan fingerprint density at radius 1 is 1.14 bits per heavy atom. The van der Waals surface area contributed by atoms with Crippen LogP contribution in [0.15, 0.2) is 24.4 Å². The minimum Gasteiger partial charge on any atom is -0.476 e. The minimum atomic E-state index is 0.0776. The van der Waals surface area contributed by atoms with Gasteiger partial charge in [-0.05, 0) is 19.1 Å². The summed E-state index contributed by atoms with van der Waals surface area (Å²) < 4.78 is 5.45. The number of aromatic nitrogens is 4. The van der Waals surface area contributed by atoms with E-state index in [0.717, 1.165) is 0 Å². The molecule has 2 aromatic heterocycles. The van der Waals surface area contributed by atoms with Crippen LogP contribution in [0.4, 0.5) is 5.95 Å². The quantitative estimate of drug-likeness (QED) is 0.789. The van der Waals surface area contributed by atoms with Gasteiger partial charge in [0.15, 0.2) is 11.2 Å². The smallest absolute Gasteiger partial charge is 0.247 e. The highest BCUT2D eigenvalue weighted by molar-refractivity contribution is 6.39. The lowest BCUT2D eigenvalue weighted by molar-refractivity contribution is 0.330. The van der Waals surface area contributed by atoms with Crippen molar-refractivity contribution in [3.63, 3.8) is 0 Å². The van der Waals surface area contributed by atoms with Gasteiger partial charge in [-0.3, -0.25) is 0 Å². The van der Waals surface area contributed by atoms with Crippen LogP contribution >= 0.6 is 23.2 Å². The number of fused-ring (bicyclic) bond motifs is 1. The molecule has 1 aromatic carbocycles. The molecule has 0 radical (unpaired) electrons. The normalized spacial score (nSPS) is 10.9. The second-order valence-electron chi connectivity index (χ2n) is 4.34. The van der Waals surface area contributed by atoms with E-state index in [9.17, 15) is 0 Å². The van der Waals surface area contributed by atoms with E-state index in [2.05, 4.69) is 19.9 Å². The van der Waals surface area contributed by atoms with Crippen molar-refractivity contribution in [2.24, 2.45) is 0 Å². The van der Waals surface area contributed by atoms with E-state index in [1.165, 1.54) is 6.20 Å². The van der Waals surface area contributed by atoms with Gasteiger partial charge in [0.25, 0.3) is 0 Å². The van der Waals surface area contributed by atoms with E-state index in [4.69, 9.17) is 33.7 Å². The van der Waals surface area contributed by atoms with Gasteiger partial charge in [-0.1, -0.05) is 29.3 Å². The summed E-state index contributed by atoms with van der Waals surface area (Å²) in [6.45, 7) is 2.26. The Morgan fingerprint density at radius 2 is 1.86 bits per heavy atom. The third-order valence-corrected chi connectivity index (χ3v) is 3.52. The zero-order chi connectivity index (χ0) is 15.7. The molecular formula is C14H11Cl2N5O. The molecule has 0 aliphatic carbocycles. The van der Waals surface area contributed by atoms with Crippen molar-refractivity contribution in [1.82, 2.24) is 19.9 Å². The van der Waals surface area contributed by atoms with E-state index in [0.29, 0.717) is 39.1 Å². The van der Waals surface area contributed by atoms with Crippen LogP contribution in [0.1, 0.15) is 6.92 Å². The van der Waals surface area contributed by atoms with Crippen molar-refractivity contribution in [1.29, 1.82) is 0 Å². The van der Waals surface area contributed by atoms with Gasteiger partial charge in [-0.25, -0.2) is 9.97 Å². The van der Waals surface area contributed by atoms with Gasteiger partial charge in [0.05, 0.1) is 28.5 Å². The second-order valence-corrected chi connectivity index (χ2v) is 5.16. The number of nitrogens with zero attached hydrogens (tertiary/aromatic N) is 4. The van der Waals surface area contributed by atoms with Crippen LogP contribution in [0.2, 0.25) is 10.0 Å². The first kappa shape index (κ1) is 14.7. The average Bonchev–Trinajstić information content (AvgIpc) is 2.47. The predicted molar refractivity (Wildman–Crippen MR) is 86.2 cm³/mol. The highest BCUT2D eigenvalue weighted by atomic mass is 35.5. The molecule has 0 atom stereocenters. The van der Waals surface area contributed by atoms with Gasteiger partial charge in [0, 0.05) is 5.56 Å². The number of nitrogens with two attached hydrogens (primary N) is 1. The molecule has 0 amide bonds. The fourth-order valence-electron chi connectivity index (χ4n) is 2.00. The molecule has 8 heteroatoms. The number of benzene rings is 1. The van der Waals surface area contributed by atoms with E-state index in [1.807, 2.05) is 6.92 Å². The summed E-state index contributed by atoms with van der Waals surface area (Å²) in [4.78, 5) is 16.8. The minimum absolute atomic E-state index is 0.0776. The Hall–Kier alpha value is -2.18. The largest absolute Gasteiger partial charge is 0.476 e. The molecule has 0 saturated heterocycles. The van der Waals surface area contributed by atoms with Crippen molar-refractivity contribution in [3.05, 3.63) is 34.4 Å². The zero-order valence-corrected chi connectivity index (χ0v) is 13.1. The topological polar surface area (TPSA) is 86.8 Å². The molecule has 0 spiro atoms. The predicted octanol–water partition coefficient (Wildman–Crippen LogP) is 3.37. The molecule has 0 bridgehead atoms. The van der Waals surface area contributed by atoms with Crippen molar-refractivity contribution < 1.29 is 4.74 Å². The summed E-state index contributed by atoms with van der Waals surface area (Å²) in [7, 11) is 0. The first-order valence-electron chi connectivity index (χ1n) is 6.47. The lowest BCUT2D eigenvalue weighted by Gasteiger charge is -2.09. The monoisotopic (exact) mass is 335 g/mol. The van der Waals surface area contributed by atoms with Crippen LogP contribution in [0.3, 0.4) is 0 Å². The maximum atomic E-state index is 6.21. The van der Waals surface area contributed by atoms with Crippen molar-refractivity contribution >= 4 is 40.3 Å². The highest BCUT2D eigenvalue weighted by Crippen LogP contribution is 2.34. The van der Waals surface area contributed by atoms with Gasteiger partial charge < -0.3 is 10.5 Å². The molecule has 3 rings (SSSR count). The van der Waals surface area contributed by atoms with Gasteiger partial charge in [-0.2, -0.15) is 9.97 Å². The Morgan fingerprint density at radius 3 is 2.55 bits per heavy atom. The van der Waals surface area contributed by atoms with Crippen LogP contribution in [-0.4, -0.2) is 26.5 Å². The van der Waals surface area contributed by atoms with E-state index in [-0.39, 0.29) is 11.8 Å². The van der Waals surface area contributed by atoms with Crippen molar-refractivity contribution in [2.45, 2.75) is 6.92 Å². The molecule has 0 unspecified atom stereocenters. The summed E-state index contributed by atoms with van der Waals surface area (Å²) in [6.07, 6.45) is 1.54. The molecular weight excluding hydrogens is 325 g/mol. The lowest BCUT2D eigenvalue weighted by atomic mass is 10.1. The first-order chi connectivity index (χ1) is 10.6. The van der Waals surface area contributed by atoms with E-state index >= 15 is 0 Å². The van der Waals surface area contributed by atoms with E-state index < -0.39 is 0 Å². The van der Waals surface area contributed by atoms with Crippen molar-refractivity contribution in [2.75, 3.05) is 12.3 Å². The molecule has 22 heavy (non-hydrogen) atoms. The summed E-state index contributed by atoms with van der Waals surface area (Å²) in [5, 5.41) is 0.964. The summed E-state index contributed by atoms with van der Waals surface area (Å²) >= 11 is 12.4. The third kappa shape index (κ3) is 2.63. The van der Waals surface area contributed by atoms with Crippen LogP contribution in [0.5, 0.6) is 5.88 Å². The van der Waals surface area contributed by atoms with Gasteiger partial charge in [0.1, 0.15) is 0 Å². The summed E-state index contributed by atoms with van der Waals surface area (Å²) in [5.41, 5.74) is 7.51. The Bertz CT molecular complexity index is 836. The number of hydrogen-bond donors (Lipinski definition) is 1. The number of ether oxygens (including phenoxy) is 1. The number of rotatable bonds is 3. The Labute approximate surface area is 136 Å². The van der Waals surface area contributed by atoms with Crippen molar-refractivity contribution in [3.8, 4) is 17.1 Å². The van der Waals surface area contributed by atoms with Crippen LogP contribution in [0, 0.1) is 0 Å². The van der Waals surface area contributed by atoms with Gasteiger partial charge >= 0.3 is 0 Å². The maximum Gasteiger partial charge on any atom is 0.247 e. The first-order valence-corrected chi connectivity index (χ1v) is 7.23. The summed E-state index contributed by atoms with van der Waals surface area (Å²) in [5.74, 6) is 0.358. The highest BCUT2D eigenvalue weighted by Gasteiger charge is 2.15. The average molecular weight is 336 g/mol. The molecule has 0 aliphatic rings. The molecule has 3 aromatic rings. The number of anilines is 1. The summed E-state index contributed by atoms with van der Waals surface area (Å²) in [6, 6.07) is 5.23. The Kier molecular flexibility index (Phi) is 3.96. The molecule has 0 fully saturated rings. The van der Waals surface area contributed by atoms with E-state index in [1.54, 1.807) is 18.2 Å². The molecule has 2 N–H and O–H groups in total.